The maximum atomic E-state index is 6.02. The van der Waals surface area contributed by atoms with Crippen LogP contribution in [-0.2, 0) is 0 Å². The minimum Gasteiger partial charge on any atom is -0.490 e. The van der Waals surface area contributed by atoms with Gasteiger partial charge in [-0.25, -0.2) is 0 Å². The molecule has 2 heterocycles. The summed E-state index contributed by atoms with van der Waals surface area (Å²) in [6.07, 6.45) is 4.25. The summed E-state index contributed by atoms with van der Waals surface area (Å²) >= 11 is 0. The van der Waals surface area contributed by atoms with E-state index >= 15 is 0 Å². The van der Waals surface area contributed by atoms with Crippen LogP contribution < -0.4 is 10.1 Å². The molecule has 2 aromatic carbocycles. The third-order valence-electron chi connectivity index (χ3n) is 4.61. The first-order valence-corrected chi connectivity index (χ1v) is 8.87. The first-order valence-electron chi connectivity index (χ1n) is 8.87. The molecule has 1 atom stereocenters. The molecule has 0 amide bonds. The highest BCUT2D eigenvalue weighted by molar-refractivity contribution is 5.81. The molecule has 3 heteroatoms. The molecule has 0 aliphatic carbocycles. The van der Waals surface area contributed by atoms with Crippen molar-refractivity contribution in [3.05, 3.63) is 72.9 Å². The Bertz CT molecular complexity index is 812. The van der Waals surface area contributed by atoms with Gasteiger partial charge in [-0.15, -0.1) is 0 Å². The molecule has 3 aromatic rings. The molecule has 1 aromatic heterocycles. The van der Waals surface area contributed by atoms with Crippen molar-refractivity contribution >= 4 is 0 Å². The highest BCUT2D eigenvalue weighted by atomic mass is 16.5. The molecule has 0 saturated carbocycles. The number of hydrogen-bond donors (Lipinski definition) is 1. The lowest BCUT2D eigenvalue weighted by molar-refractivity contribution is 0.276. The van der Waals surface area contributed by atoms with E-state index in [1.807, 2.05) is 30.5 Å². The number of ether oxygens (including phenoxy) is 1. The van der Waals surface area contributed by atoms with E-state index < -0.39 is 0 Å². The van der Waals surface area contributed by atoms with Gasteiger partial charge in [0.05, 0.1) is 11.9 Å². The second-order valence-corrected chi connectivity index (χ2v) is 6.40. The van der Waals surface area contributed by atoms with Crippen molar-refractivity contribution in [1.82, 2.24) is 10.3 Å². The first-order chi connectivity index (χ1) is 12.4. The van der Waals surface area contributed by atoms with Gasteiger partial charge in [-0.2, -0.15) is 0 Å². The fourth-order valence-electron chi connectivity index (χ4n) is 3.28. The van der Waals surface area contributed by atoms with Crippen LogP contribution in [0.25, 0.3) is 22.4 Å². The van der Waals surface area contributed by atoms with E-state index in [-0.39, 0.29) is 0 Å². The van der Waals surface area contributed by atoms with Crippen molar-refractivity contribution < 1.29 is 4.74 Å². The Hall–Kier alpha value is -2.65. The number of aromatic nitrogens is 1. The van der Waals surface area contributed by atoms with Gasteiger partial charge in [0, 0.05) is 17.2 Å². The second-order valence-electron chi connectivity index (χ2n) is 6.40. The van der Waals surface area contributed by atoms with Crippen LogP contribution in [0.5, 0.6) is 5.75 Å². The summed E-state index contributed by atoms with van der Waals surface area (Å²) in [5.41, 5.74) is 4.35. The topological polar surface area (TPSA) is 34.1 Å². The van der Waals surface area contributed by atoms with Crippen molar-refractivity contribution in [3.8, 4) is 28.1 Å². The van der Waals surface area contributed by atoms with E-state index in [4.69, 9.17) is 9.72 Å². The molecule has 25 heavy (non-hydrogen) atoms. The van der Waals surface area contributed by atoms with Crippen LogP contribution in [0, 0.1) is 0 Å². The molecular weight excluding hydrogens is 308 g/mol. The van der Waals surface area contributed by atoms with Crippen LogP contribution >= 0.6 is 0 Å². The third-order valence-corrected chi connectivity index (χ3v) is 4.61. The standard InChI is InChI=1S/C22H22N2O/c1-3-8-17(9-4-1)21-14-20(25-16-19-12-7-13-23-19)15-24-22(21)18-10-5-2-6-11-18/h1-6,8-11,14-15,19,23H,7,12-13,16H2/t19-/m1/s1. The van der Waals surface area contributed by atoms with Gasteiger partial charge in [0.2, 0.25) is 0 Å². The van der Waals surface area contributed by atoms with Crippen molar-refractivity contribution in [1.29, 1.82) is 0 Å². The maximum absolute atomic E-state index is 6.02. The third kappa shape index (κ3) is 3.72. The molecule has 0 spiro atoms. The van der Waals surface area contributed by atoms with E-state index in [2.05, 4.69) is 47.8 Å². The fourth-order valence-corrected chi connectivity index (χ4v) is 3.28. The van der Waals surface area contributed by atoms with Gasteiger partial charge in [-0.3, -0.25) is 4.98 Å². The van der Waals surface area contributed by atoms with Crippen molar-refractivity contribution in [2.45, 2.75) is 18.9 Å². The van der Waals surface area contributed by atoms with Gasteiger partial charge < -0.3 is 10.1 Å². The van der Waals surface area contributed by atoms with E-state index in [1.165, 1.54) is 12.8 Å². The lowest BCUT2D eigenvalue weighted by atomic mass is 9.99. The Morgan fingerprint density at radius 3 is 2.36 bits per heavy atom. The molecule has 1 N–H and O–H groups in total. The average Bonchev–Trinajstić information content (AvgIpc) is 3.21. The molecule has 1 fully saturated rings. The monoisotopic (exact) mass is 330 g/mol. The van der Waals surface area contributed by atoms with Gasteiger partial charge in [-0.05, 0) is 31.0 Å². The Labute approximate surface area is 148 Å². The van der Waals surface area contributed by atoms with Crippen molar-refractivity contribution in [3.63, 3.8) is 0 Å². The van der Waals surface area contributed by atoms with Crippen LogP contribution in [0.3, 0.4) is 0 Å². The summed E-state index contributed by atoms with van der Waals surface area (Å²) in [5.74, 6) is 0.826. The molecule has 0 bridgehead atoms. The van der Waals surface area contributed by atoms with Crippen LogP contribution in [-0.4, -0.2) is 24.2 Å². The van der Waals surface area contributed by atoms with E-state index in [0.29, 0.717) is 12.6 Å². The second kappa shape index (κ2) is 7.49. The summed E-state index contributed by atoms with van der Waals surface area (Å²) in [4.78, 5) is 4.73. The van der Waals surface area contributed by atoms with Gasteiger partial charge >= 0.3 is 0 Å². The number of benzene rings is 2. The Balaban J connectivity index is 1.67. The summed E-state index contributed by atoms with van der Waals surface area (Å²) < 4.78 is 6.02. The van der Waals surface area contributed by atoms with E-state index in [1.54, 1.807) is 0 Å². The van der Waals surface area contributed by atoms with E-state index in [0.717, 1.165) is 34.7 Å². The molecule has 4 rings (SSSR count). The summed E-state index contributed by atoms with van der Waals surface area (Å²) in [6.45, 7) is 1.79. The first kappa shape index (κ1) is 15.9. The molecule has 1 aliphatic heterocycles. The molecule has 0 radical (unpaired) electrons. The number of nitrogens with zero attached hydrogens (tertiary/aromatic N) is 1. The van der Waals surface area contributed by atoms with Crippen LogP contribution in [0.1, 0.15) is 12.8 Å². The summed E-state index contributed by atoms with van der Waals surface area (Å²) in [7, 11) is 0. The highest BCUT2D eigenvalue weighted by Crippen LogP contribution is 2.33. The summed E-state index contributed by atoms with van der Waals surface area (Å²) in [6, 6.07) is 23.2. The van der Waals surface area contributed by atoms with Crippen molar-refractivity contribution in [2.24, 2.45) is 0 Å². The zero-order valence-corrected chi connectivity index (χ0v) is 14.2. The Morgan fingerprint density at radius 2 is 1.68 bits per heavy atom. The van der Waals surface area contributed by atoms with Gasteiger partial charge in [0.25, 0.3) is 0 Å². The minimum atomic E-state index is 0.453. The number of pyridine rings is 1. The molecule has 1 saturated heterocycles. The Morgan fingerprint density at radius 1 is 0.960 bits per heavy atom. The van der Waals surface area contributed by atoms with Gasteiger partial charge in [0.15, 0.2) is 0 Å². The molecule has 0 unspecified atom stereocenters. The lowest BCUT2D eigenvalue weighted by Gasteiger charge is -2.15. The van der Waals surface area contributed by atoms with Crippen LogP contribution in [0.4, 0.5) is 0 Å². The predicted octanol–water partition coefficient (Wildman–Crippen LogP) is 4.55. The quantitative estimate of drug-likeness (QED) is 0.745. The highest BCUT2D eigenvalue weighted by Gasteiger charge is 2.15. The number of rotatable bonds is 5. The molecular formula is C22H22N2O. The molecule has 126 valence electrons. The predicted molar refractivity (Wildman–Crippen MR) is 102 cm³/mol. The zero-order valence-electron chi connectivity index (χ0n) is 14.2. The lowest BCUT2D eigenvalue weighted by Crippen LogP contribution is -2.28. The SMILES string of the molecule is c1ccc(-c2cc(OC[C@H]3CCCN3)cnc2-c2ccccc2)cc1. The fraction of sp³-hybridized carbons (Fsp3) is 0.227. The van der Waals surface area contributed by atoms with Gasteiger partial charge in [-0.1, -0.05) is 60.7 Å². The normalized spacial score (nSPS) is 16.7. The Kier molecular flexibility index (Phi) is 4.75. The number of hydrogen-bond acceptors (Lipinski definition) is 3. The van der Waals surface area contributed by atoms with Crippen LogP contribution in [0.2, 0.25) is 0 Å². The minimum absolute atomic E-state index is 0.453. The maximum Gasteiger partial charge on any atom is 0.138 e. The smallest absolute Gasteiger partial charge is 0.138 e. The van der Waals surface area contributed by atoms with Crippen molar-refractivity contribution in [2.75, 3.05) is 13.2 Å². The average molecular weight is 330 g/mol. The summed E-state index contributed by atoms with van der Waals surface area (Å²) in [5, 5.41) is 3.46. The zero-order chi connectivity index (χ0) is 16.9. The molecule has 1 aliphatic rings. The van der Waals surface area contributed by atoms with E-state index in [9.17, 15) is 0 Å². The number of nitrogens with one attached hydrogen (secondary N) is 1. The largest absolute Gasteiger partial charge is 0.490 e. The molecule has 3 nitrogen and oxygen atoms in total. The van der Waals surface area contributed by atoms with Crippen LogP contribution in [0.15, 0.2) is 72.9 Å². The van der Waals surface area contributed by atoms with Gasteiger partial charge in [0.1, 0.15) is 12.4 Å².